The van der Waals surface area contributed by atoms with Gasteiger partial charge in [-0.2, -0.15) is 0 Å². The molecule has 4 atom stereocenters. The molecule has 1 heterocycles. The van der Waals surface area contributed by atoms with Crippen LogP contribution in [0.3, 0.4) is 0 Å². The van der Waals surface area contributed by atoms with Gasteiger partial charge in [0.05, 0.1) is 0 Å². The summed E-state index contributed by atoms with van der Waals surface area (Å²) in [5.74, 6) is 2.65. The lowest BCUT2D eigenvalue weighted by atomic mass is 9.76. The van der Waals surface area contributed by atoms with Crippen molar-refractivity contribution in [1.29, 1.82) is 0 Å². The van der Waals surface area contributed by atoms with Gasteiger partial charge in [-0.05, 0) is 55.7 Å². The molecule has 1 aromatic rings. The number of fused-ring (bicyclic) bond motifs is 4. The molecule has 96 valence electrons. The van der Waals surface area contributed by atoms with Gasteiger partial charge in [0.25, 0.3) is 0 Å². The number of nitrogens with two attached hydrogens (primary N) is 1. The van der Waals surface area contributed by atoms with Crippen molar-refractivity contribution >= 4 is 15.9 Å². The number of benzene rings is 1. The van der Waals surface area contributed by atoms with E-state index in [0.29, 0.717) is 0 Å². The first-order valence-corrected chi connectivity index (χ1v) is 7.70. The van der Waals surface area contributed by atoms with E-state index in [9.17, 15) is 0 Å². The van der Waals surface area contributed by atoms with Gasteiger partial charge in [0.15, 0.2) is 0 Å². The number of hydrogen-bond donors (Lipinski definition) is 1. The fourth-order valence-electron chi connectivity index (χ4n) is 4.41. The van der Waals surface area contributed by atoms with Crippen LogP contribution >= 0.6 is 15.9 Å². The highest BCUT2D eigenvalue weighted by molar-refractivity contribution is 9.10. The fraction of sp³-hybridized carbons (Fsp3) is 0.600. The van der Waals surface area contributed by atoms with Crippen LogP contribution in [0.4, 0.5) is 0 Å². The van der Waals surface area contributed by atoms with Crippen molar-refractivity contribution in [2.45, 2.75) is 43.7 Å². The summed E-state index contributed by atoms with van der Waals surface area (Å²) in [6.45, 7) is 0. The number of halogens is 1. The van der Waals surface area contributed by atoms with Gasteiger partial charge < -0.3 is 10.5 Å². The third kappa shape index (κ3) is 1.50. The van der Waals surface area contributed by atoms with Crippen LogP contribution in [0.25, 0.3) is 0 Å². The second-order valence-electron chi connectivity index (χ2n) is 6.24. The Labute approximate surface area is 116 Å². The molecule has 3 aliphatic rings. The topological polar surface area (TPSA) is 35.2 Å². The van der Waals surface area contributed by atoms with Gasteiger partial charge in [-0.3, -0.25) is 0 Å². The molecule has 2 aliphatic carbocycles. The Balaban J connectivity index is 1.74. The van der Waals surface area contributed by atoms with Gasteiger partial charge in [0.2, 0.25) is 0 Å². The average Bonchev–Trinajstić information content (AvgIpc) is 2.91. The summed E-state index contributed by atoms with van der Waals surface area (Å²) in [4.78, 5) is 0. The van der Waals surface area contributed by atoms with Gasteiger partial charge in [-0.25, -0.2) is 0 Å². The van der Waals surface area contributed by atoms with Gasteiger partial charge in [0.1, 0.15) is 11.4 Å². The van der Waals surface area contributed by atoms with E-state index < -0.39 is 0 Å². The maximum atomic E-state index is 6.44. The zero-order valence-electron chi connectivity index (χ0n) is 10.4. The van der Waals surface area contributed by atoms with E-state index in [0.717, 1.165) is 34.0 Å². The van der Waals surface area contributed by atoms with Crippen LogP contribution in [0.5, 0.6) is 5.75 Å². The van der Waals surface area contributed by atoms with Gasteiger partial charge in [-0.15, -0.1) is 0 Å². The Morgan fingerprint density at radius 1 is 1.28 bits per heavy atom. The minimum Gasteiger partial charge on any atom is -0.487 e. The van der Waals surface area contributed by atoms with E-state index in [-0.39, 0.29) is 11.6 Å². The lowest BCUT2D eigenvalue weighted by molar-refractivity contribution is -0.0141. The number of rotatable bonds is 0. The molecule has 0 radical (unpaired) electrons. The standard InChI is InChI=1S/C15H18BrNO/c16-11-3-4-14-12(6-11)13(17)8-15(18-14)7-9-1-2-10(15)5-9/h3-4,6,9-10,13H,1-2,5,7-8,17H2/t9?,10?,13-,15?/m0/s1. The molecule has 18 heavy (non-hydrogen) atoms. The molecule has 2 N–H and O–H groups in total. The first-order valence-electron chi connectivity index (χ1n) is 6.90. The Bertz CT molecular complexity index is 503. The fourth-order valence-corrected chi connectivity index (χ4v) is 4.79. The molecule has 1 spiro atoms. The van der Waals surface area contributed by atoms with Gasteiger partial charge >= 0.3 is 0 Å². The molecule has 0 aromatic heterocycles. The summed E-state index contributed by atoms with van der Waals surface area (Å²) in [6, 6.07) is 6.37. The van der Waals surface area contributed by atoms with Crippen LogP contribution < -0.4 is 10.5 Å². The molecule has 2 saturated carbocycles. The van der Waals surface area contributed by atoms with Crippen molar-refractivity contribution in [3.8, 4) is 5.75 Å². The second kappa shape index (κ2) is 3.73. The van der Waals surface area contributed by atoms with Crippen molar-refractivity contribution in [3.63, 3.8) is 0 Å². The van der Waals surface area contributed by atoms with E-state index in [1.807, 2.05) is 0 Å². The Kier molecular flexibility index (Phi) is 2.34. The summed E-state index contributed by atoms with van der Waals surface area (Å²) < 4.78 is 7.53. The first-order chi connectivity index (χ1) is 8.66. The van der Waals surface area contributed by atoms with E-state index in [4.69, 9.17) is 10.5 Å². The molecule has 3 heteroatoms. The molecule has 0 saturated heterocycles. The van der Waals surface area contributed by atoms with Crippen LogP contribution in [0.1, 0.15) is 43.7 Å². The van der Waals surface area contributed by atoms with E-state index in [2.05, 4.69) is 34.1 Å². The molecule has 2 nitrogen and oxygen atoms in total. The second-order valence-corrected chi connectivity index (χ2v) is 7.16. The molecule has 1 aliphatic heterocycles. The Morgan fingerprint density at radius 2 is 2.17 bits per heavy atom. The zero-order chi connectivity index (χ0) is 12.3. The Hall–Kier alpha value is -0.540. The summed E-state index contributed by atoms with van der Waals surface area (Å²) in [5, 5.41) is 0. The van der Waals surface area contributed by atoms with Crippen molar-refractivity contribution in [3.05, 3.63) is 28.2 Å². The van der Waals surface area contributed by atoms with Gasteiger partial charge in [-0.1, -0.05) is 15.9 Å². The van der Waals surface area contributed by atoms with E-state index in [1.54, 1.807) is 0 Å². The average molecular weight is 308 g/mol. The smallest absolute Gasteiger partial charge is 0.125 e. The molecular formula is C15H18BrNO. The van der Waals surface area contributed by atoms with E-state index >= 15 is 0 Å². The van der Waals surface area contributed by atoms with Crippen molar-refractivity contribution < 1.29 is 4.74 Å². The monoisotopic (exact) mass is 307 g/mol. The molecule has 2 fully saturated rings. The van der Waals surface area contributed by atoms with Crippen LogP contribution in [0.2, 0.25) is 0 Å². The predicted octanol–water partition coefficient (Wildman–Crippen LogP) is 3.79. The zero-order valence-corrected chi connectivity index (χ0v) is 11.9. The highest BCUT2D eigenvalue weighted by Crippen LogP contribution is 2.57. The normalized spacial score (nSPS) is 40.9. The number of ether oxygens (including phenoxy) is 1. The first kappa shape index (κ1) is 11.3. The molecule has 1 aromatic carbocycles. The summed E-state index contributed by atoms with van der Waals surface area (Å²) in [7, 11) is 0. The van der Waals surface area contributed by atoms with Crippen molar-refractivity contribution in [1.82, 2.24) is 0 Å². The van der Waals surface area contributed by atoms with Crippen LogP contribution in [-0.4, -0.2) is 5.60 Å². The third-order valence-electron chi connectivity index (χ3n) is 5.17. The SMILES string of the molecule is N[C@H]1CC2(CC3CCC2C3)Oc2ccc(Br)cc21. The predicted molar refractivity (Wildman–Crippen MR) is 74.5 cm³/mol. The van der Waals surface area contributed by atoms with Gasteiger partial charge in [0, 0.05) is 22.5 Å². The maximum Gasteiger partial charge on any atom is 0.125 e. The maximum absolute atomic E-state index is 6.44. The Morgan fingerprint density at radius 3 is 2.89 bits per heavy atom. The minimum atomic E-state index is 0.0587. The molecule has 4 rings (SSSR count). The summed E-state index contributed by atoms with van der Waals surface area (Å²) in [5.41, 5.74) is 7.62. The quantitative estimate of drug-likeness (QED) is 0.791. The minimum absolute atomic E-state index is 0.0587. The third-order valence-corrected chi connectivity index (χ3v) is 5.66. The van der Waals surface area contributed by atoms with Crippen LogP contribution in [0, 0.1) is 11.8 Å². The lowest BCUT2D eigenvalue weighted by Gasteiger charge is -2.44. The highest BCUT2D eigenvalue weighted by Gasteiger charge is 2.55. The molecule has 2 bridgehead atoms. The van der Waals surface area contributed by atoms with Crippen LogP contribution in [-0.2, 0) is 0 Å². The number of hydrogen-bond acceptors (Lipinski definition) is 2. The van der Waals surface area contributed by atoms with Crippen molar-refractivity contribution in [2.75, 3.05) is 0 Å². The van der Waals surface area contributed by atoms with Crippen molar-refractivity contribution in [2.24, 2.45) is 17.6 Å². The molecular weight excluding hydrogens is 290 g/mol. The summed E-state index contributed by atoms with van der Waals surface area (Å²) in [6.07, 6.45) is 6.32. The van der Waals surface area contributed by atoms with Crippen LogP contribution in [0.15, 0.2) is 22.7 Å². The molecule has 3 unspecified atom stereocenters. The lowest BCUT2D eigenvalue weighted by Crippen LogP contribution is -2.47. The molecule has 0 amide bonds. The van der Waals surface area contributed by atoms with E-state index in [1.165, 1.54) is 25.7 Å². The summed E-state index contributed by atoms with van der Waals surface area (Å²) >= 11 is 3.51. The highest BCUT2D eigenvalue weighted by atomic mass is 79.9. The largest absolute Gasteiger partial charge is 0.487 e.